The number of amides is 1. The van der Waals surface area contributed by atoms with E-state index < -0.39 is 0 Å². The maximum absolute atomic E-state index is 11.4. The lowest BCUT2D eigenvalue weighted by molar-refractivity contribution is -0.120. The molecule has 1 amide bonds. The van der Waals surface area contributed by atoms with Crippen molar-refractivity contribution in [2.45, 2.75) is 45.6 Å². The van der Waals surface area contributed by atoms with Crippen LogP contribution < -0.4 is 10.6 Å². The van der Waals surface area contributed by atoms with Crippen LogP contribution >= 0.6 is 0 Å². The summed E-state index contributed by atoms with van der Waals surface area (Å²) >= 11 is 0. The Morgan fingerprint density at radius 1 is 1.35 bits per heavy atom. The number of ether oxygens (including phenoxy) is 1. The van der Waals surface area contributed by atoms with Gasteiger partial charge in [0.1, 0.15) is 0 Å². The molecule has 0 aromatic rings. The molecule has 1 aliphatic carbocycles. The number of hydrogen-bond acceptors (Lipinski definition) is 3. The van der Waals surface area contributed by atoms with Crippen LogP contribution in [0.1, 0.15) is 39.5 Å². The number of rotatable bonds is 8. The first kappa shape index (κ1) is 14.5. The molecule has 0 aromatic carbocycles. The highest BCUT2D eigenvalue weighted by molar-refractivity contribution is 5.77. The lowest BCUT2D eigenvalue weighted by Gasteiger charge is -2.12. The summed E-state index contributed by atoms with van der Waals surface area (Å²) in [4.78, 5) is 11.4. The maximum Gasteiger partial charge on any atom is 0.233 e. The summed E-state index contributed by atoms with van der Waals surface area (Å²) in [5.41, 5.74) is 0. The van der Waals surface area contributed by atoms with Crippen LogP contribution in [0.3, 0.4) is 0 Å². The van der Waals surface area contributed by atoms with Crippen LogP contribution in [-0.2, 0) is 9.53 Å². The summed E-state index contributed by atoms with van der Waals surface area (Å²) in [7, 11) is 0. The van der Waals surface area contributed by atoms with E-state index in [-0.39, 0.29) is 5.91 Å². The minimum Gasteiger partial charge on any atom is -0.377 e. The van der Waals surface area contributed by atoms with E-state index in [2.05, 4.69) is 24.5 Å². The van der Waals surface area contributed by atoms with Gasteiger partial charge >= 0.3 is 0 Å². The van der Waals surface area contributed by atoms with Crippen molar-refractivity contribution in [3.05, 3.63) is 0 Å². The fourth-order valence-corrected chi connectivity index (χ4v) is 1.94. The van der Waals surface area contributed by atoms with Crippen molar-refractivity contribution in [1.82, 2.24) is 10.6 Å². The normalized spacial score (nSPS) is 16.6. The lowest BCUT2D eigenvalue weighted by Crippen LogP contribution is -2.37. The van der Waals surface area contributed by atoms with Crippen LogP contribution in [-0.4, -0.2) is 38.3 Å². The quantitative estimate of drug-likeness (QED) is 0.631. The maximum atomic E-state index is 11.4. The fourth-order valence-electron chi connectivity index (χ4n) is 1.94. The van der Waals surface area contributed by atoms with E-state index >= 15 is 0 Å². The molecule has 1 fully saturated rings. The molecule has 4 nitrogen and oxygen atoms in total. The highest BCUT2D eigenvalue weighted by atomic mass is 16.5. The second kappa shape index (κ2) is 8.48. The van der Waals surface area contributed by atoms with Gasteiger partial charge in [-0.2, -0.15) is 0 Å². The summed E-state index contributed by atoms with van der Waals surface area (Å²) in [6, 6.07) is 0. The number of nitrogens with one attached hydrogen (secondary N) is 2. The van der Waals surface area contributed by atoms with Gasteiger partial charge in [-0.15, -0.1) is 0 Å². The van der Waals surface area contributed by atoms with E-state index in [4.69, 9.17) is 4.74 Å². The molecule has 1 rings (SSSR count). The fraction of sp³-hybridized carbons (Fsp3) is 0.923. The monoisotopic (exact) mass is 242 g/mol. The van der Waals surface area contributed by atoms with E-state index in [9.17, 15) is 4.79 Å². The van der Waals surface area contributed by atoms with Gasteiger partial charge in [-0.05, 0) is 18.8 Å². The van der Waals surface area contributed by atoms with Crippen molar-refractivity contribution in [2.75, 3.05) is 26.2 Å². The summed E-state index contributed by atoms with van der Waals surface area (Å²) in [6.07, 6.45) is 5.47. The Hall–Kier alpha value is -0.610. The number of carbonyl (C=O) groups excluding carboxylic acids is 1. The topological polar surface area (TPSA) is 50.4 Å². The molecular formula is C13H26N2O2. The predicted molar refractivity (Wildman–Crippen MR) is 68.9 cm³/mol. The van der Waals surface area contributed by atoms with Crippen LogP contribution in [0.5, 0.6) is 0 Å². The second-order valence-electron chi connectivity index (χ2n) is 5.15. The molecule has 0 aromatic heterocycles. The Morgan fingerprint density at radius 3 is 2.71 bits per heavy atom. The zero-order valence-corrected chi connectivity index (χ0v) is 11.1. The molecule has 0 heterocycles. The minimum absolute atomic E-state index is 0.0690. The molecule has 4 heteroatoms. The predicted octanol–water partition coefficient (Wildman–Crippen LogP) is 1.31. The zero-order valence-electron chi connectivity index (χ0n) is 11.1. The molecular weight excluding hydrogens is 216 g/mol. The summed E-state index contributed by atoms with van der Waals surface area (Å²) in [5.74, 6) is 0.573. The van der Waals surface area contributed by atoms with Crippen molar-refractivity contribution in [1.29, 1.82) is 0 Å². The van der Waals surface area contributed by atoms with Crippen molar-refractivity contribution in [2.24, 2.45) is 5.92 Å². The molecule has 0 bridgehead atoms. The van der Waals surface area contributed by atoms with E-state index in [1.807, 2.05) is 0 Å². The van der Waals surface area contributed by atoms with Crippen molar-refractivity contribution in [3.8, 4) is 0 Å². The Balaban J connectivity index is 1.87. The molecule has 17 heavy (non-hydrogen) atoms. The molecule has 0 aliphatic heterocycles. The Morgan fingerprint density at radius 2 is 2.06 bits per heavy atom. The average Bonchev–Trinajstić information content (AvgIpc) is 2.79. The van der Waals surface area contributed by atoms with E-state index in [0.29, 0.717) is 25.2 Å². The third kappa shape index (κ3) is 7.34. The first-order valence-electron chi connectivity index (χ1n) is 6.77. The first-order valence-corrected chi connectivity index (χ1v) is 6.77. The third-order valence-electron chi connectivity index (χ3n) is 2.93. The molecule has 1 aliphatic rings. The van der Waals surface area contributed by atoms with Crippen LogP contribution in [0.4, 0.5) is 0 Å². The molecule has 0 radical (unpaired) electrons. The van der Waals surface area contributed by atoms with Gasteiger partial charge in [0.15, 0.2) is 0 Å². The molecule has 0 saturated heterocycles. The van der Waals surface area contributed by atoms with Crippen LogP contribution in [0, 0.1) is 5.92 Å². The van der Waals surface area contributed by atoms with Crippen LogP contribution in [0.15, 0.2) is 0 Å². The van der Waals surface area contributed by atoms with Gasteiger partial charge in [-0.25, -0.2) is 0 Å². The van der Waals surface area contributed by atoms with Crippen molar-refractivity contribution in [3.63, 3.8) is 0 Å². The molecule has 0 atom stereocenters. The summed E-state index contributed by atoms with van der Waals surface area (Å²) in [5, 5.41) is 5.97. The molecule has 1 saturated carbocycles. The second-order valence-corrected chi connectivity index (χ2v) is 5.15. The minimum atomic E-state index is 0.0690. The van der Waals surface area contributed by atoms with E-state index in [0.717, 1.165) is 13.1 Å². The molecule has 100 valence electrons. The highest BCUT2D eigenvalue weighted by Crippen LogP contribution is 2.20. The molecule has 2 N–H and O–H groups in total. The van der Waals surface area contributed by atoms with Crippen LogP contribution in [0.25, 0.3) is 0 Å². The van der Waals surface area contributed by atoms with Gasteiger partial charge < -0.3 is 15.4 Å². The van der Waals surface area contributed by atoms with Gasteiger partial charge in [-0.3, -0.25) is 4.79 Å². The van der Waals surface area contributed by atoms with Gasteiger partial charge in [0.25, 0.3) is 0 Å². The molecule has 0 unspecified atom stereocenters. The van der Waals surface area contributed by atoms with Gasteiger partial charge in [0.05, 0.1) is 19.3 Å². The number of carbonyl (C=O) groups is 1. The van der Waals surface area contributed by atoms with E-state index in [1.54, 1.807) is 0 Å². The first-order chi connectivity index (χ1) is 8.18. The smallest absolute Gasteiger partial charge is 0.233 e. The van der Waals surface area contributed by atoms with Crippen molar-refractivity contribution >= 4 is 5.91 Å². The van der Waals surface area contributed by atoms with Crippen molar-refractivity contribution < 1.29 is 9.53 Å². The highest BCUT2D eigenvalue weighted by Gasteiger charge is 2.14. The van der Waals surface area contributed by atoms with Gasteiger partial charge in [0, 0.05) is 13.1 Å². The van der Waals surface area contributed by atoms with Gasteiger partial charge in [-0.1, -0.05) is 26.7 Å². The molecule has 0 spiro atoms. The van der Waals surface area contributed by atoms with E-state index in [1.165, 1.54) is 25.7 Å². The SMILES string of the molecule is CC(C)CNC(=O)CNCCOC1CCCC1. The lowest BCUT2D eigenvalue weighted by atomic mass is 10.2. The Kier molecular flexibility index (Phi) is 7.21. The van der Waals surface area contributed by atoms with Crippen LogP contribution in [0.2, 0.25) is 0 Å². The van der Waals surface area contributed by atoms with Gasteiger partial charge in [0.2, 0.25) is 5.91 Å². The third-order valence-corrected chi connectivity index (χ3v) is 2.93. The zero-order chi connectivity index (χ0) is 12.5. The standard InChI is InChI=1S/C13H26N2O2/c1-11(2)9-15-13(16)10-14-7-8-17-12-5-3-4-6-12/h11-12,14H,3-10H2,1-2H3,(H,15,16). The number of hydrogen-bond donors (Lipinski definition) is 2. The largest absolute Gasteiger partial charge is 0.377 e. The Bertz CT molecular complexity index is 213. The average molecular weight is 242 g/mol. The Labute approximate surface area is 104 Å². The summed E-state index contributed by atoms with van der Waals surface area (Å²) < 4.78 is 5.69. The summed E-state index contributed by atoms with van der Waals surface area (Å²) in [6.45, 7) is 6.78.